The SMILES string of the molecule is CC(C)(C)C1CC1.CC1(C)Oc2ccc(C(C)(C)C)nc2NC1=O.C[C@@H]1Oc2ccc(C(C)(C)C)cc2NC1=O.C[C@H]1Oc2ccc(C(C)(C)C)cc2NC1=O. The number of nitrogens with zero attached hydrogens (tertiary/aromatic N) is 1. The number of pyridine rings is 1. The molecule has 4 aliphatic rings. The van der Waals surface area contributed by atoms with Crippen molar-refractivity contribution in [2.75, 3.05) is 16.0 Å². The Hall–Kier alpha value is -4.60. The minimum absolute atomic E-state index is 0.0489. The van der Waals surface area contributed by atoms with E-state index >= 15 is 0 Å². The summed E-state index contributed by atoms with van der Waals surface area (Å²) >= 11 is 0. The van der Waals surface area contributed by atoms with Crippen LogP contribution in [0.4, 0.5) is 17.2 Å². The van der Waals surface area contributed by atoms with Gasteiger partial charge in [0.05, 0.1) is 11.4 Å². The fourth-order valence-electron chi connectivity index (χ4n) is 5.92. The summed E-state index contributed by atoms with van der Waals surface area (Å²) in [6.45, 7) is 33.0. The number of anilines is 3. The fraction of sp³-hybridized carbons (Fsp3) is 0.565. The molecule has 1 aromatic heterocycles. The minimum atomic E-state index is -0.835. The third kappa shape index (κ3) is 11.5. The van der Waals surface area contributed by atoms with Crippen molar-refractivity contribution < 1.29 is 28.6 Å². The van der Waals surface area contributed by atoms with Gasteiger partial charge >= 0.3 is 0 Å². The van der Waals surface area contributed by atoms with Crippen LogP contribution in [-0.2, 0) is 30.6 Å². The maximum atomic E-state index is 11.8. The lowest BCUT2D eigenvalue weighted by molar-refractivity contribution is -0.129. The molecule has 0 bridgehead atoms. The highest BCUT2D eigenvalue weighted by atomic mass is 16.5. The van der Waals surface area contributed by atoms with E-state index in [1.165, 1.54) is 24.0 Å². The first-order chi connectivity index (χ1) is 25.6. The third-order valence-corrected chi connectivity index (χ3v) is 10.1. The molecule has 10 heteroatoms. The van der Waals surface area contributed by atoms with E-state index in [0.717, 1.165) is 34.5 Å². The number of aromatic nitrogens is 1. The molecule has 0 saturated heterocycles. The molecule has 1 fully saturated rings. The molecule has 0 unspecified atom stereocenters. The van der Waals surface area contributed by atoms with Crippen molar-refractivity contribution in [1.29, 1.82) is 0 Å². The Morgan fingerprint density at radius 2 is 1.04 bits per heavy atom. The van der Waals surface area contributed by atoms with Crippen LogP contribution in [0, 0.1) is 11.3 Å². The number of hydrogen-bond donors (Lipinski definition) is 3. The molecular formula is C46H66N4O6. The molecule has 7 rings (SSSR count). The Labute approximate surface area is 335 Å². The summed E-state index contributed by atoms with van der Waals surface area (Å²) in [4.78, 5) is 39.2. The highest BCUT2D eigenvalue weighted by Gasteiger charge is 2.37. The standard InChI is InChI=1S/C13H18N2O2.2C13H17NO2.C7H14/c1-12(2,3)9-7-6-8-10(14-9)15-11(16)13(4,5)17-8;2*1-8-12(15)14-10-7-9(13(2,3)4)5-6-11(10)16-8;1-7(2,3)6-4-5-6/h6-7H,1-5H3,(H,14,15,16);2*5-8H,1-4H3,(H,14,15);6H,4-5H2,1-3H3/t;2*8-;/m.10./s1. The van der Waals surface area contributed by atoms with Gasteiger partial charge in [-0.3, -0.25) is 14.4 Å². The van der Waals surface area contributed by atoms with Crippen molar-refractivity contribution in [3.05, 3.63) is 65.4 Å². The summed E-state index contributed by atoms with van der Waals surface area (Å²) in [6.07, 6.45) is 2.13. The Balaban J connectivity index is 0.000000172. The van der Waals surface area contributed by atoms with E-state index in [1.54, 1.807) is 27.7 Å². The number of carbonyl (C=O) groups is 3. The molecule has 3 N–H and O–H groups in total. The average molecular weight is 771 g/mol. The van der Waals surface area contributed by atoms with E-state index < -0.39 is 17.8 Å². The Bertz CT molecular complexity index is 1840. The van der Waals surface area contributed by atoms with Crippen molar-refractivity contribution in [3.8, 4) is 17.2 Å². The first-order valence-corrected chi connectivity index (χ1v) is 19.8. The van der Waals surface area contributed by atoms with Crippen LogP contribution in [0.2, 0.25) is 0 Å². The molecule has 10 nitrogen and oxygen atoms in total. The monoisotopic (exact) mass is 770 g/mol. The summed E-state index contributed by atoms with van der Waals surface area (Å²) in [5.74, 6) is 3.36. The lowest BCUT2D eigenvalue weighted by Crippen LogP contribution is -2.46. The number of rotatable bonds is 0. The molecule has 3 aromatic rings. The van der Waals surface area contributed by atoms with Gasteiger partial charge in [0, 0.05) is 11.1 Å². The molecule has 2 atom stereocenters. The van der Waals surface area contributed by atoms with Crippen LogP contribution in [0.3, 0.4) is 0 Å². The highest BCUT2D eigenvalue weighted by Crippen LogP contribution is 2.44. The van der Waals surface area contributed by atoms with Gasteiger partial charge in [-0.25, -0.2) is 4.98 Å². The number of benzene rings is 2. The number of hydrogen-bond acceptors (Lipinski definition) is 7. The van der Waals surface area contributed by atoms with Gasteiger partial charge in [0.15, 0.2) is 29.4 Å². The number of carbonyl (C=O) groups excluding carboxylic acids is 3. The van der Waals surface area contributed by atoms with Gasteiger partial charge in [0.25, 0.3) is 17.7 Å². The minimum Gasteiger partial charge on any atom is -0.479 e. The molecule has 306 valence electrons. The van der Waals surface area contributed by atoms with E-state index in [0.29, 0.717) is 17.0 Å². The van der Waals surface area contributed by atoms with Crippen LogP contribution < -0.4 is 30.2 Å². The Morgan fingerprint density at radius 3 is 1.39 bits per heavy atom. The lowest BCUT2D eigenvalue weighted by Gasteiger charge is -2.31. The van der Waals surface area contributed by atoms with Crippen LogP contribution in [0.5, 0.6) is 17.2 Å². The predicted molar refractivity (Wildman–Crippen MR) is 226 cm³/mol. The van der Waals surface area contributed by atoms with Crippen LogP contribution in [-0.4, -0.2) is 40.5 Å². The summed E-state index contributed by atoms with van der Waals surface area (Å²) in [7, 11) is 0. The molecule has 3 aliphatic heterocycles. The van der Waals surface area contributed by atoms with E-state index in [2.05, 4.69) is 104 Å². The van der Waals surface area contributed by atoms with Crippen LogP contribution in [0.15, 0.2) is 48.5 Å². The van der Waals surface area contributed by atoms with Crippen molar-refractivity contribution in [1.82, 2.24) is 4.98 Å². The molecule has 0 spiro atoms. The smallest absolute Gasteiger partial charge is 0.269 e. The molecular weight excluding hydrogens is 705 g/mol. The molecule has 3 amide bonds. The van der Waals surface area contributed by atoms with Gasteiger partial charge < -0.3 is 30.2 Å². The van der Waals surface area contributed by atoms with E-state index in [-0.39, 0.29) is 34.0 Å². The van der Waals surface area contributed by atoms with Gasteiger partial charge in [-0.2, -0.15) is 0 Å². The zero-order valence-electron chi connectivity index (χ0n) is 36.7. The maximum Gasteiger partial charge on any atom is 0.269 e. The first-order valence-electron chi connectivity index (χ1n) is 19.8. The zero-order valence-corrected chi connectivity index (χ0v) is 36.7. The average Bonchev–Trinajstić information content (AvgIpc) is 3.92. The summed E-state index contributed by atoms with van der Waals surface area (Å²) in [5, 5.41) is 8.50. The number of fused-ring (bicyclic) bond motifs is 3. The highest BCUT2D eigenvalue weighted by molar-refractivity contribution is 5.99. The fourth-order valence-corrected chi connectivity index (χ4v) is 5.92. The summed E-state index contributed by atoms with van der Waals surface area (Å²) in [5.41, 5.74) is 4.72. The number of amides is 3. The van der Waals surface area contributed by atoms with Crippen LogP contribution >= 0.6 is 0 Å². The Kier molecular flexibility index (Phi) is 12.7. The van der Waals surface area contributed by atoms with Crippen LogP contribution in [0.25, 0.3) is 0 Å². The van der Waals surface area contributed by atoms with Crippen molar-refractivity contribution in [2.45, 2.75) is 158 Å². The van der Waals surface area contributed by atoms with E-state index in [4.69, 9.17) is 14.2 Å². The second-order valence-electron chi connectivity index (χ2n) is 19.9. The summed E-state index contributed by atoms with van der Waals surface area (Å²) in [6, 6.07) is 15.7. The lowest BCUT2D eigenvalue weighted by atomic mass is 9.86. The van der Waals surface area contributed by atoms with Crippen LogP contribution in [0.1, 0.15) is 140 Å². The normalized spacial score (nSPS) is 19.6. The first kappa shape index (κ1) is 44.1. The van der Waals surface area contributed by atoms with Gasteiger partial charge in [-0.15, -0.1) is 0 Å². The third-order valence-electron chi connectivity index (χ3n) is 10.1. The number of ether oxygens (including phenoxy) is 3. The second kappa shape index (κ2) is 16.1. The van der Waals surface area contributed by atoms with Gasteiger partial charge in [0.2, 0.25) is 0 Å². The molecule has 4 heterocycles. The zero-order chi connectivity index (χ0) is 42.2. The quantitative estimate of drug-likeness (QED) is 0.208. The largest absolute Gasteiger partial charge is 0.479 e. The van der Waals surface area contributed by atoms with Crippen molar-refractivity contribution in [2.24, 2.45) is 11.3 Å². The van der Waals surface area contributed by atoms with Gasteiger partial charge in [-0.05, 0) is 110 Å². The molecule has 56 heavy (non-hydrogen) atoms. The van der Waals surface area contributed by atoms with Crippen molar-refractivity contribution in [3.63, 3.8) is 0 Å². The van der Waals surface area contributed by atoms with E-state index in [1.807, 2.05) is 48.5 Å². The number of nitrogens with one attached hydrogen (secondary N) is 3. The Morgan fingerprint density at radius 1 is 0.607 bits per heavy atom. The molecule has 2 aromatic carbocycles. The molecule has 1 aliphatic carbocycles. The summed E-state index contributed by atoms with van der Waals surface area (Å²) < 4.78 is 16.6. The predicted octanol–water partition coefficient (Wildman–Crippen LogP) is 10.3. The molecule has 1 saturated carbocycles. The topological polar surface area (TPSA) is 128 Å². The second-order valence-corrected chi connectivity index (χ2v) is 19.9. The maximum absolute atomic E-state index is 11.8. The molecule has 0 radical (unpaired) electrons. The van der Waals surface area contributed by atoms with Gasteiger partial charge in [0.1, 0.15) is 11.5 Å². The van der Waals surface area contributed by atoms with Gasteiger partial charge in [-0.1, -0.05) is 95.2 Å². The van der Waals surface area contributed by atoms with E-state index in [9.17, 15) is 14.4 Å². The van der Waals surface area contributed by atoms with Crippen molar-refractivity contribution >= 4 is 34.9 Å².